The number of nitrogens with one attached hydrogen (secondary N) is 1. The number of benzene rings is 2. The zero-order chi connectivity index (χ0) is 17.1. The lowest BCUT2D eigenvalue weighted by Crippen LogP contribution is -1.97. The van der Waals surface area contributed by atoms with Gasteiger partial charge in [0.15, 0.2) is 12.4 Å². The summed E-state index contributed by atoms with van der Waals surface area (Å²) in [6, 6.07) is 19.7. The minimum atomic E-state index is 0.0114. The second kappa shape index (κ2) is 6.48. The van der Waals surface area contributed by atoms with Crippen LogP contribution < -0.4 is 10.5 Å². The highest BCUT2D eigenvalue weighted by molar-refractivity contribution is 5.77. The predicted octanol–water partition coefficient (Wildman–Crippen LogP) is 3.29. The molecule has 0 spiro atoms. The molecule has 3 N–H and O–H groups in total. The van der Waals surface area contributed by atoms with Crippen LogP contribution in [0.15, 0.2) is 65.1 Å². The van der Waals surface area contributed by atoms with E-state index in [2.05, 4.69) is 20.4 Å². The van der Waals surface area contributed by atoms with Gasteiger partial charge in [0.05, 0.1) is 0 Å². The maximum absolute atomic E-state index is 5.97. The molecule has 0 atom stereocenters. The molecular weight excluding hydrogens is 318 g/mol. The number of anilines is 1. The first kappa shape index (κ1) is 14.9. The molecule has 4 aromatic rings. The van der Waals surface area contributed by atoms with Gasteiger partial charge in [-0.2, -0.15) is 5.10 Å². The Morgan fingerprint density at radius 1 is 0.920 bits per heavy atom. The van der Waals surface area contributed by atoms with Gasteiger partial charge in [0.1, 0.15) is 11.4 Å². The quantitative estimate of drug-likeness (QED) is 0.581. The maximum Gasteiger partial charge on any atom is 0.312 e. The van der Waals surface area contributed by atoms with E-state index >= 15 is 0 Å². The number of rotatable bonds is 5. The number of nitrogens with zero attached hydrogens (tertiary/aromatic N) is 3. The van der Waals surface area contributed by atoms with Crippen LogP contribution in [0.4, 0.5) is 6.01 Å². The molecule has 124 valence electrons. The van der Waals surface area contributed by atoms with Crippen LogP contribution in [0.3, 0.4) is 0 Å². The zero-order valence-electron chi connectivity index (χ0n) is 13.2. The molecule has 2 heterocycles. The smallest absolute Gasteiger partial charge is 0.312 e. The number of aromatic amines is 1. The number of nitrogen functional groups attached to an aromatic ring is 1. The van der Waals surface area contributed by atoms with Crippen molar-refractivity contribution in [3.8, 4) is 28.3 Å². The van der Waals surface area contributed by atoms with Crippen LogP contribution in [-0.4, -0.2) is 20.4 Å². The van der Waals surface area contributed by atoms with E-state index in [1.54, 1.807) is 0 Å². The van der Waals surface area contributed by atoms with E-state index in [0.717, 1.165) is 16.8 Å². The van der Waals surface area contributed by atoms with Crippen molar-refractivity contribution in [1.29, 1.82) is 0 Å². The molecule has 0 aliphatic rings. The molecule has 25 heavy (non-hydrogen) atoms. The molecule has 0 unspecified atom stereocenters. The fourth-order valence-electron chi connectivity index (χ4n) is 2.52. The first-order valence-electron chi connectivity index (χ1n) is 7.71. The van der Waals surface area contributed by atoms with Crippen LogP contribution in [0, 0.1) is 0 Å². The number of hydrogen-bond acceptors (Lipinski definition) is 6. The van der Waals surface area contributed by atoms with Gasteiger partial charge in [-0.25, -0.2) is 0 Å². The minimum Gasteiger partial charge on any atom is -0.479 e. The van der Waals surface area contributed by atoms with E-state index in [-0.39, 0.29) is 12.6 Å². The SMILES string of the molecule is Nc1nnc(COc2c(-c3ccccc3)n[nH]c2-c2ccccc2)o1. The average molecular weight is 333 g/mol. The Hall–Kier alpha value is -3.61. The van der Waals surface area contributed by atoms with Crippen molar-refractivity contribution in [3.05, 3.63) is 66.6 Å². The molecule has 0 fully saturated rings. The number of aromatic nitrogens is 4. The van der Waals surface area contributed by atoms with Crippen molar-refractivity contribution >= 4 is 6.01 Å². The molecule has 0 aliphatic carbocycles. The Bertz CT molecular complexity index is 907. The Morgan fingerprint density at radius 3 is 2.24 bits per heavy atom. The largest absolute Gasteiger partial charge is 0.479 e. The molecular formula is C18H15N5O2. The van der Waals surface area contributed by atoms with E-state index in [1.807, 2.05) is 60.7 Å². The maximum atomic E-state index is 5.97. The van der Waals surface area contributed by atoms with Crippen molar-refractivity contribution in [2.24, 2.45) is 0 Å². The Labute approximate surface area is 143 Å². The minimum absolute atomic E-state index is 0.0114. The van der Waals surface area contributed by atoms with Gasteiger partial charge >= 0.3 is 6.01 Å². The molecule has 4 rings (SSSR count). The summed E-state index contributed by atoms with van der Waals surface area (Å²) in [5.74, 6) is 0.922. The second-order valence-electron chi connectivity index (χ2n) is 5.33. The average Bonchev–Trinajstić information content (AvgIpc) is 3.27. The van der Waals surface area contributed by atoms with Crippen molar-refractivity contribution < 1.29 is 9.15 Å². The monoisotopic (exact) mass is 333 g/mol. The third kappa shape index (κ3) is 3.07. The van der Waals surface area contributed by atoms with Gasteiger partial charge in [0.2, 0.25) is 0 Å². The van der Waals surface area contributed by atoms with Gasteiger partial charge in [0, 0.05) is 11.1 Å². The fraction of sp³-hybridized carbons (Fsp3) is 0.0556. The Kier molecular flexibility index (Phi) is 3.88. The highest BCUT2D eigenvalue weighted by atomic mass is 16.5. The third-order valence-corrected chi connectivity index (χ3v) is 3.65. The Balaban J connectivity index is 1.73. The highest BCUT2D eigenvalue weighted by Gasteiger charge is 2.18. The standard InChI is InChI=1S/C18H15N5O2/c19-18-23-20-14(25-18)11-24-17-15(12-7-3-1-4-8-12)21-22-16(17)13-9-5-2-6-10-13/h1-10H,11H2,(H2,19,23)(H,21,22). The molecule has 7 nitrogen and oxygen atoms in total. The number of hydrogen-bond donors (Lipinski definition) is 2. The second-order valence-corrected chi connectivity index (χ2v) is 5.33. The van der Waals surface area contributed by atoms with Crippen LogP contribution >= 0.6 is 0 Å². The predicted molar refractivity (Wildman–Crippen MR) is 92.5 cm³/mol. The van der Waals surface area contributed by atoms with Crippen molar-refractivity contribution in [1.82, 2.24) is 20.4 Å². The zero-order valence-corrected chi connectivity index (χ0v) is 13.2. The normalized spacial score (nSPS) is 10.7. The first-order valence-corrected chi connectivity index (χ1v) is 7.71. The van der Waals surface area contributed by atoms with E-state index in [9.17, 15) is 0 Å². The summed E-state index contributed by atoms with van der Waals surface area (Å²) < 4.78 is 11.1. The summed E-state index contributed by atoms with van der Waals surface area (Å²) in [6.45, 7) is 0.101. The van der Waals surface area contributed by atoms with Crippen molar-refractivity contribution in [3.63, 3.8) is 0 Å². The van der Waals surface area contributed by atoms with Gasteiger partial charge in [-0.05, 0) is 0 Å². The fourth-order valence-corrected chi connectivity index (χ4v) is 2.52. The molecule has 2 aromatic carbocycles. The van der Waals surface area contributed by atoms with Gasteiger partial charge in [-0.15, -0.1) is 5.10 Å². The lowest BCUT2D eigenvalue weighted by Gasteiger charge is -2.07. The molecule has 0 amide bonds. The molecule has 0 aliphatic heterocycles. The lowest BCUT2D eigenvalue weighted by molar-refractivity contribution is 0.267. The first-order chi connectivity index (χ1) is 12.3. The molecule has 0 radical (unpaired) electrons. The van der Waals surface area contributed by atoms with E-state index in [1.165, 1.54) is 0 Å². The topological polar surface area (TPSA) is 103 Å². The lowest BCUT2D eigenvalue weighted by atomic mass is 10.1. The van der Waals surface area contributed by atoms with Gasteiger partial charge in [0.25, 0.3) is 5.89 Å². The number of ether oxygens (including phenoxy) is 1. The van der Waals surface area contributed by atoms with Gasteiger partial charge in [-0.1, -0.05) is 65.8 Å². The van der Waals surface area contributed by atoms with Crippen LogP contribution in [0.1, 0.15) is 5.89 Å². The molecule has 0 bridgehead atoms. The highest BCUT2D eigenvalue weighted by Crippen LogP contribution is 2.37. The Morgan fingerprint density at radius 2 is 1.60 bits per heavy atom. The van der Waals surface area contributed by atoms with Crippen LogP contribution in [-0.2, 0) is 6.61 Å². The van der Waals surface area contributed by atoms with Crippen LogP contribution in [0.2, 0.25) is 0 Å². The summed E-state index contributed by atoms with van der Waals surface area (Å²) in [7, 11) is 0. The molecule has 0 saturated heterocycles. The van der Waals surface area contributed by atoms with E-state index < -0.39 is 0 Å². The molecule has 7 heteroatoms. The van der Waals surface area contributed by atoms with Gasteiger partial charge < -0.3 is 14.9 Å². The summed E-state index contributed by atoms with van der Waals surface area (Å²) in [5, 5.41) is 15.0. The molecule has 0 saturated carbocycles. The van der Waals surface area contributed by atoms with E-state index in [0.29, 0.717) is 17.3 Å². The number of H-pyrrole nitrogens is 1. The van der Waals surface area contributed by atoms with E-state index in [4.69, 9.17) is 14.9 Å². The van der Waals surface area contributed by atoms with Gasteiger partial charge in [-0.3, -0.25) is 5.10 Å². The van der Waals surface area contributed by atoms with Crippen LogP contribution in [0.25, 0.3) is 22.5 Å². The summed E-state index contributed by atoms with van der Waals surface area (Å²) in [4.78, 5) is 0. The summed E-state index contributed by atoms with van der Waals surface area (Å²) in [6.07, 6.45) is 0. The van der Waals surface area contributed by atoms with Crippen molar-refractivity contribution in [2.75, 3.05) is 5.73 Å². The summed E-state index contributed by atoms with van der Waals surface area (Å²) in [5.41, 5.74) is 8.87. The molecule has 2 aromatic heterocycles. The number of nitrogens with two attached hydrogens (primary N) is 1. The summed E-state index contributed by atoms with van der Waals surface area (Å²) >= 11 is 0. The third-order valence-electron chi connectivity index (χ3n) is 3.65. The van der Waals surface area contributed by atoms with Crippen LogP contribution in [0.5, 0.6) is 5.75 Å². The van der Waals surface area contributed by atoms with Crippen molar-refractivity contribution in [2.45, 2.75) is 6.61 Å².